The van der Waals surface area contributed by atoms with E-state index in [4.69, 9.17) is 4.74 Å². The van der Waals surface area contributed by atoms with Crippen LogP contribution in [0.25, 0.3) is 0 Å². The van der Waals surface area contributed by atoms with E-state index >= 15 is 0 Å². The number of carbonyl (C=O) groups excluding carboxylic acids is 2. The van der Waals surface area contributed by atoms with Crippen LogP contribution >= 0.6 is 0 Å². The van der Waals surface area contributed by atoms with Gasteiger partial charge in [0.05, 0.1) is 39.4 Å². The highest BCUT2D eigenvalue weighted by Gasteiger charge is 2.49. The van der Waals surface area contributed by atoms with Gasteiger partial charge in [0.1, 0.15) is 0 Å². The third-order valence-corrected chi connectivity index (χ3v) is 8.58. The Kier molecular flexibility index (Phi) is 8.16. The first kappa shape index (κ1) is 26.4. The van der Waals surface area contributed by atoms with Crippen LogP contribution in [-0.4, -0.2) is 73.2 Å². The van der Waals surface area contributed by atoms with E-state index in [-0.39, 0.29) is 17.8 Å². The minimum Gasteiger partial charge on any atom is -0.465 e. The van der Waals surface area contributed by atoms with Crippen LogP contribution in [0.2, 0.25) is 0 Å². The van der Waals surface area contributed by atoms with Crippen molar-refractivity contribution in [2.45, 2.75) is 56.6 Å². The average Bonchev–Trinajstić information content (AvgIpc) is 3.47. The van der Waals surface area contributed by atoms with Crippen LogP contribution in [-0.2, 0) is 21.6 Å². The van der Waals surface area contributed by atoms with Crippen molar-refractivity contribution in [1.82, 2.24) is 4.90 Å². The summed E-state index contributed by atoms with van der Waals surface area (Å²) >= 11 is 0. The summed E-state index contributed by atoms with van der Waals surface area (Å²) in [7, 11) is 5.93. The summed E-state index contributed by atoms with van der Waals surface area (Å²) in [6.45, 7) is 2.34. The van der Waals surface area contributed by atoms with Crippen molar-refractivity contribution in [3.05, 3.63) is 71.3 Å². The summed E-state index contributed by atoms with van der Waals surface area (Å²) in [4.78, 5) is 27.4. The van der Waals surface area contributed by atoms with Gasteiger partial charge in [-0.05, 0) is 36.1 Å². The second-order valence-corrected chi connectivity index (χ2v) is 11.1. The predicted octanol–water partition coefficient (Wildman–Crippen LogP) is 4.16. The molecule has 4 rings (SSSR count). The number of aliphatic hydroxyl groups is 1. The number of methoxy groups -OCH3 is 1. The zero-order valence-corrected chi connectivity index (χ0v) is 22.0. The molecule has 6 nitrogen and oxygen atoms in total. The molecule has 194 valence electrons. The average molecular weight is 494 g/mol. The molecule has 2 aromatic rings. The number of hydrogen-bond acceptors (Lipinski definition) is 4. The second-order valence-electron chi connectivity index (χ2n) is 11.1. The van der Waals surface area contributed by atoms with Crippen molar-refractivity contribution in [2.75, 3.05) is 40.8 Å². The van der Waals surface area contributed by atoms with Crippen LogP contribution < -0.4 is 0 Å². The van der Waals surface area contributed by atoms with E-state index in [1.807, 2.05) is 59.5 Å². The fourth-order valence-corrected chi connectivity index (χ4v) is 6.10. The Morgan fingerprint density at radius 1 is 0.972 bits per heavy atom. The molecule has 0 aromatic heterocycles. The lowest BCUT2D eigenvalue weighted by Crippen LogP contribution is -2.58. The molecule has 1 heterocycles. The first-order valence-corrected chi connectivity index (χ1v) is 13.3. The quantitative estimate of drug-likeness (QED) is 0.443. The van der Waals surface area contributed by atoms with Crippen molar-refractivity contribution in [2.24, 2.45) is 5.92 Å². The van der Waals surface area contributed by atoms with E-state index in [0.717, 1.165) is 61.5 Å². The highest BCUT2D eigenvalue weighted by Crippen LogP contribution is 2.42. The van der Waals surface area contributed by atoms with Crippen LogP contribution in [0.3, 0.4) is 0 Å². The summed E-state index contributed by atoms with van der Waals surface area (Å²) in [6, 6.07) is 17.7. The lowest BCUT2D eigenvalue weighted by Gasteiger charge is -2.45. The Bertz CT molecular complexity index is 1020. The summed E-state index contributed by atoms with van der Waals surface area (Å²) in [5, 5.41) is 11.9. The summed E-state index contributed by atoms with van der Waals surface area (Å²) in [5.41, 5.74) is 1.08. The molecule has 36 heavy (non-hydrogen) atoms. The van der Waals surface area contributed by atoms with Crippen molar-refractivity contribution in [3.63, 3.8) is 0 Å². The maximum Gasteiger partial charge on any atom is 0.337 e. The first-order valence-electron chi connectivity index (χ1n) is 13.3. The Hall–Kier alpha value is -2.70. The number of piperidine rings is 1. The molecular formula is C30H41N2O4+. The smallest absolute Gasteiger partial charge is 0.337 e. The topological polar surface area (TPSA) is 66.8 Å². The summed E-state index contributed by atoms with van der Waals surface area (Å²) in [5.74, 6) is -0.441. The van der Waals surface area contributed by atoms with Crippen molar-refractivity contribution in [1.29, 1.82) is 0 Å². The zero-order chi connectivity index (χ0) is 25.8. The van der Waals surface area contributed by atoms with E-state index in [2.05, 4.69) is 14.1 Å². The number of likely N-dealkylation sites (N-methyl/N-ethyl adjacent to an activating group) is 1. The Labute approximate surface area is 215 Å². The third-order valence-electron chi connectivity index (χ3n) is 8.58. The normalized spacial score (nSPS) is 19.2. The SMILES string of the molecule is COC(=O)c1ccc(CC[N+](C)(C)C2CCN(C(=O)C(O)(c3ccccc3)C3CCCC3)CC2)cc1. The fraction of sp³-hybridized carbons (Fsp3) is 0.533. The fourth-order valence-electron chi connectivity index (χ4n) is 6.10. The minimum atomic E-state index is -1.43. The highest BCUT2D eigenvalue weighted by molar-refractivity contribution is 5.89. The van der Waals surface area contributed by atoms with Gasteiger partial charge in [-0.15, -0.1) is 0 Å². The summed E-state index contributed by atoms with van der Waals surface area (Å²) in [6.07, 6.45) is 6.73. The number of hydrogen-bond donors (Lipinski definition) is 1. The molecule has 1 unspecified atom stereocenters. The lowest BCUT2D eigenvalue weighted by atomic mass is 9.78. The number of rotatable bonds is 8. The molecule has 0 bridgehead atoms. The molecule has 6 heteroatoms. The van der Waals surface area contributed by atoms with E-state index in [1.54, 1.807) is 0 Å². The minimum absolute atomic E-state index is 0.0112. The van der Waals surface area contributed by atoms with Crippen LogP contribution in [0.15, 0.2) is 54.6 Å². The standard InChI is InChI=1S/C30H41N2O4/c1-32(2,22-19-23-13-15-24(16-14-23)28(33)36-3)27-17-20-31(21-18-27)29(34)30(35,26-11-7-8-12-26)25-9-5-4-6-10-25/h4-6,9-10,13-16,26-27,35H,7-8,11-12,17-22H2,1-3H3/q+1. The van der Waals surface area contributed by atoms with Gasteiger partial charge in [-0.25, -0.2) is 4.79 Å². The number of amides is 1. The van der Waals surface area contributed by atoms with E-state index < -0.39 is 5.60 Å². The van der Waals surface area contributed by atoms with Crippen molar-refractivity contribution >= 4 is 11.9 Å². The second kappa shape index (κ2) is 11.1. The molecule has 1 amide bonds. The molecule has 2 fully saturated rings. The number of ether oxygens (including phenoxy) is 1. The van der Waals surface area contributed by atoms with E-state index in [9.17, 15) is 14.7 Å². The van der Waals surface area contributed by atoms with Gasteiger partial charge in [0, 0.05) is 38.3 Å². The molecule has 1 atom stereocenters. The largest absolute Gasteiger partial charge is 0.465 e. The van der Waals surface area contributed by atoms with Gasteiger partial charge in [0.25, 0.3) is 5.91 Å². The van der Waals surface area contributed by atoms with Crippen molar-refractivity contribution in [3.8, 4) is 0 Å². The summed E-state index contributed by atoms with van der Waals surface area (Å²) < 4.78 is 5.67. The van der Waals surface area contributed by atoms with Gasteiger partial charge < -0.3 is 19.2 Å². The molecule has 1 aliphatic carbocycles. The van der Waals surface area contributed by atoms with Crippen LogP contribution in [0.4, 0.5) is 0 Å². The third kappa shape index (κ3) is 5.50. The van der Waals surface area contributed by atoms with Gasteiger partial charge in [-0.2, -0.15) is 0 Å². The number of benzene rings is 2. The Balaban J connectivity index is 1.37. The maximum absolute atomic E-state index is 13.8. The molecule has 1 aliphatic heterocycles. The molecule has 0 spiro atoms. The lowest BCUT2D eigenvalue weighted by molar-refractivity contribution is -0.916. The molecule has 1 saturated heterocycles. The Morgan fingerprint density at radius 3 is 2.17 bits per heavy atom. The molecule has 2 aromatic carbocycles. The van der Waals surface area contributed by atoms with E-state index in [0.29, 0.717) is 24.7 Å². The van der Waals surface area contributed by atoms with Crippen LogP contribution in [0, 0.1) is 5.92 Å². The molecule has 0 radical (unpaired) electrons. The number of esters is 1. The number of carbonyl (C=O) groups is 2. The van der Waals surface area contributed by atoms with Crippen LogP contribution in [0.1, 0.15) is 60.0 Å². The number of quaternary nitrogens is 1. The van der Waals surface area contributed by atoms with Crippen LogP contribution in [0.5, 0.6) is 0 Å². The zero-order valence-electron chi connectivity index (χ0n) is 22.0. The van der Waals surface area contributed by atoms with E-state index in [1.165, 1.54) is 12.7 Å². The molecule has 1 saturated carbocycles. The number of nitrogens with zero attached hydrogens (tertiary/aromatic N) is 2. The maximum atomic E-state index is 13.8. The Morgan fingerprint density at radius 2 is 1.58 bits per heavy atom. The molecular weight excluding hydrogens is 452 g/mol. The highest BCUT2D eigenvalue weighted by atomic mass is 16.5. The number of likely N-dealkylation sites (tertiary alicyclic amines) is 1. The monoisotopic (exact) mass is 493 g/mol. The van der Waals surface area contributed by atoms with Gasteiger partial charge in [-0.3, -0.25) is 4.79 Å². The first-order chi connectivity index (χ1) is 17.3. The molecule has 2 aliphatic rings. The predicted molar refractivity (Wildman–Crippen MR) is 140 cm³/mol. The van der Waals surface area contributed by atoms with Crippen molar-refractivity contribution < 1.29 is 23.9 Å². The molecule has 1 N–H and O–H groups in total. The van der Waals surface area contributed by atoms with Gasteiger partial charge in [-0.1, -0.05) is 55.3 Å². The van der Waals surface area contributed by atoms with Gasteiger partial charge in [0.15, 0.2) is 5.60 Å². The van der Waals surface area contributed by atoms with Gasteiger partial charge in [0.2, 0.25) is 0 Å². The van der Waals surface area contributed by atoms with Gasteiger partial charge >= 0.3 is 5.97 Å².